The monoisotopic (exact) mass is 708 g/mol. The first-order valence-electron chi connectivity index (χ1n) is 18.0. The van der Waals surface area contributed by atoms with E-state index in [1.807, 2.05) is 71.5 Å². The Hall–Kier alpha value is -4.36. The van der Waals surface area contributed by atoms with E-state index in [1.54, 1.807) is 7.11 Å². The fourth-order valence-corrected chi connectivity index (χ4v) is 12.8. The molecule has 4 aromatic rings. The summed E-state index contributed by atoms with van der Waals surface area (Å²) in [7, 11) is -0.663. The number of aromatic nitrogens is 3. The number of nitrogens with zero attached hydrogens (tertiary/aromatic N) is 3. The highest BCUT2D eigenvalue weighted by Gasteiger charge is 2.64. The Morgan fingerprint density at radius 1 is 1.16 bits per heavy atom. The molecule has 4 N–H and O–H groups in total. The molecule has 3 aliphatic rings. The van der Waals surface area contributed by atoms with Gasteiger partial charge in [-0.3, -0.25) is 14.3 Å². The lowest BCUT2D eigenvalue weighted by molar-refractivity contribution is -0.143. The van der Waals surface area contributed by atoms with Crippen LogP contribution in [-0.4, -0.2) is 72.9 Å². The Morgan fingerprint density at radius 2 is 1.94 bits per heavy atom. The van der Waals surface area contributed by atoms with Crippen LogP contribution in [0.15, 0.2) is 79.0 Å². The highest BCUT2D eigenvalue weighted by atomic mass is 28.3. The van der Waals surface area contributed by atoms with E-state index < -0.39 is 13.7 Å². The first-order chi connectivity index (χ1) is 24.6. The number of ether oxygens (including phenoxy) is 2. The van der Waals surface area contributed by atoms with Crippen molar-refractivity contribution in [3.05, 3.63) is 95.8 Å². The number of aliphatic hydroxyl groups is 1. The SMILES string of the molecule is COc1ccc([Si](C)(C)[C@H]2[C@H](CCn3cc(C(CO)c4ccccc4)nn3)O[C@@]3(C(=O)Nc4ccc(NC(=O)C5CCCNC5)cc43)[C@@H]2C)cc1. The molecule has 3 aliphatic heterocycles. The third kappa shape index (κ3) is 6.50. The van der Waals surface area contributed by atoms with Gasteiger partial charge in [-0.15, -0.1) is 5.10 Å². The number of carbonyl (C=O) groups is 2. The lowest BCUT2D eigenvalue weighted by atomic mass is 9.82. The molecule has 4 heterocycles. The molecule has 12 heteroatoms. The third-order valence-electron chi connectivity index (χ3n) is 11.5. The number of methoxy groups -OCH3 is 1. The van der Waals surface area contributed by atoms with Gasteiger partial charge in [-0.05, 0) is 67.2 Å². The van der Waals surface area contributed by atoms with Crippen LogP contribution in [0.4, 0.5) is 11.4 Å². The molecule has 0 bridgehead atoms. The van der Waals surface area contributed by atoms with Crippen LogP contribution in [0.2, 0.25) is 18.6 Å². The number of amides is 2. The minimum Gasteiger partial charge on any atom is -0.497 e. The van der Waals surface area contributed by atoms with E-state index in [0.717, 1.165) is 36.3 Å². The van der Waals surface area contributed by atoms with Crippen molar-refractivity contribution in [2.45, 2.75) is 69.0 Å². The van der Waals surface area contributed by atoms with E-state index in [1.165, 1.54) is 5.19 Å². The van der Waals surface area contributed by atoms with Crippen LogP contribution in [0.5, 0.6) is 5.75 Å². The smallest absolute Gasteiger partial charge is 0.261 e. The van der Waals surface area contributed by atoms with E-state index in [-0.39, 0.29) is 47.8 Å². The lowest BCUT2D eigenvalue weighted by Crippen LogP contribution is -2.51. The van der Waals surface area contributed by atoms with Crippen molar-refractivity contribution in [3.8, 4) is 5.75 Å². The second kappa shape index (κ2) is 14.3. The summed E-state index contributed by atoms with van der Waals surface area (Å²) in [5.74, 6) is 0.0695. The first kappa shape index (κ1) is 35.1. The van der Waals surface area contributed by atoms with Crippen LogP contribution in [0.25, 0.3) is 0 Å². The molecule has 2 fully saturated rings. The molecule has 11 nitrogen and oxygen atoms in total. The molecule has 7 rings (SSSR count). The largest absolute Gasteiger partial charge is 0.497 e. The summed E-state index contributed by atoms with van der Waals surface area (Å²) < 4.78 is 14.4. The molecule has 51 heavy (non-hydrogen) atoms. The maximum atomic E-state index is 14.2. The minimum atomic E-state index is -2.33. The molecule has 0 aliphatic carbocycles. The number of hydrogen-bond acceptors (Lipinski definition) is 8. The van der Waals surface area contributed by atoms with Crippen molar-refractivity contribution in [2.75, 3.05) is 37.4 Å². The number of nitrogens with one attached hydrogen (secondary N) is 3. The molecular weight excluding hydrogens is 661 g/mol. The van der Waals surface area contributed by atoms with Crippen molar-refractivity contribution in [1.82, 2.24) is 20.3 Å². The number of fused-ring (bicyclic) bond motifs is 2. The number of rotatable bonds is 11. The van der Waals surface area contributed by atoms with Crippen LogP contribution >= 0.6 is 0 Å². The molecule has 2 unspecified atom stereocenters. The Kier molecular flexibility index (Phi) is 9.86. The van der Waals surface area contributed by atoms with Gasteiger partial charge in [0.15, 0.2) is 5.60 Å². The molecule has 6 atom stereocenters. The Labute approximate surface area is 300 Å². The van der Waals surface area contributed by atoms with Gasteiger partial charge in [-0.25, -0.2) is 0 Å². The number of hydrogen-bond donors (Lipinski definition) is 4. The van der Waals surface area contributed by atoms with E-state index in [4.69, 9.17) is 9.47 Å². The van der Waals surface area contributed by atoms with Crippen molar-refractivity contribution in [3.63, 3.8) is 0 Å². The highest BCUT2D eigenvalue weighted by molar-refractivity contribution is 6.91. The summed E-state index contributed by atoms with van der Waals surface area (Å²) in [6.45, 7) is 8.90. The predicted molar refractivity (Wildman–Crippen MR) is 199 cm³/mol. The maximum Gasteiger partial charge on any atom is 0.261 e. The van der Waals surface area contributed by atoms with Crippen LogP contribution in [0.3, 0.4) is 0 Å². The zero-order valence-electron chi connectivity index (χ0n) is 29.8. The Morgan fingerprint density at radius 3 is 2.65 bits per heavy atom. The van der Waals surface area contributed by atoms with Crippen LogP contribution in [0, 0.1) is 11.8 Å². The predicted octanol–water partition coefficient (Wildman–Crippen LogP) is 4.61. The molecular formula is C39H48N6O5Si. The molecule has 268 valence electrons. The minimum absolute atomic E-state index is 0.0134. The van der Waals surface area contributed by atoms with Gasteiger partial charge in [0.05, 0.1) is 45.4 Å². The second-order valence-corrected chi connectivity index (χ2v) is 19.4. The summed E-state index contributed by atoms with van der Waals surface area (Å²) in [5.41, 5.74) is 2.64. The van der Waals surface area contributed by atoms with Crippen LogP contribution in [-0.2, 0) is 26.5 Å². The fourth-order valence-electron chi connectivity index (χ4n) is 8.70. The molecule has 3 aromatic carbocycles. The maximum absolute atomic E-state index is 14.2. The van der Waals surface area contributed by atoms with Gasteiger partial charge in [0.2, 0.25) is 5.91 Å². The van der Waals surface area contributed by atoms with E-state index in [9.17, 15) is 14.7 Å². The van der Waals surface area contributed by atoms with Gasteiger partial charge in [-0.1, -0.05) is 72.9 Å². The van der Waals surface area contributed by atoms with Gasteiger partial charge >= 0.3 is 0 Å². The van der Waals surface area contributed by atoms with Crippen molar-refractivity contribution in [1.29, 1.82) is 0 Å². The third-order valence-corrected chi connectivity index (χ3v) is 15.8. The van der Waals surface area contributed by atoms with Crippen molar-refractivity contribution in [2.24, 2.45) is 11.8 Å². The molecule has 0 radical (unpaired) electrons. The van der Waals surface area contributed by atoms with Gasteiger partial charge in [-0.2, -0.15) is 0 Å². The topological polar surface area (TPSA) is 140 Å². The first-order valence-corrected chi connectivity index (χ1v) is 21.1. The van der Waals surface area contributed by atoms with Crippen LogP contribution in [0.1, 0.15) is 48.9 Å². The summed E-state index contributed by atoms with van der Waals surface area (Å²) in [6.07, 6.45) is 4.05. The van der Waals surface area contributed by atoms with Gasteiger partial charge in [0.25, 0.3) is 5.91 Å². The molecule has 0 saturated carbocycles. The Bertz CT molecular complexity index is 1860. The summed E-state index contributed by atoms with van der Waals surface area (Å²) in [5, 5.41) is 29.9. The summed E-state index contributed by atoms with van der Waals surface area (Å²) in [6, 6.07) is 23.8. The molecule has 1 aromatic heterocycles. The fraction of sp³-hybridized carbons (Fsp3) is 0.436. The number of aliphatic hydroxyl groups excluding tert-OH is 1. The standard InChI is InChI=1S/C39H48N6O5Si/c1-25-36(51(3,4)30-15-13-29(49-2)14-16-30)35(18-20-45-23-34(43-44-45)31(24-46)26-9-6-5-7-10-26)50-39(25)32-21-28(12-17-33(32)42-38(39)48)41-37(47)27-11-8-19-40-22-27/h5-7,9-10,12-17,21,23,25,27,31,35-36,40,46H,8,11,18-20,22,24H2,1-4H3,(H,41,47)(H,42,48)/t25-,27?,31?,35+,36-,39+/m1/s1. The van der Waals surface area contributed by atoms with Crippen molar-refractivity contribution >= 4 is 36.4 Å². The number of anilines is 2. The van der Waals surface area contributed by atoms with Gasteiger partial charge in [0, 0.05) is 42.1 Å². The van der Waals surface area contributed by atoms with E-state index >= 15 is 0 Å². The highest BCUT2D eigenvalue weighted by Crippen LogP contribution is 2.59. The number of piperidine rings is 1. The van der Waals surface area contributed by atoms with Crippen molar-refractivity contribution < 1.29 is 24.2 Å². The molecule has 2 saturated heterocycles. The van der Waals surface area contributed by atoms with E-state index in [0.29, 0.717) is 36.6 Å². The number of carbonyl (C=O) groups excluding carboxylic acids is 2. The normalized spacial score (nSPS) is 25.0. The zero-order valence-corrected chi connectivity index (χ0v) is 30.8. The van der Waals surface area contributed by atoms with Gasteiger partial charge < -0.3 is 30.5 Å². The quantitative estimate of drug-likeness (QED) is 0.166. The lowest BCUT2D eigenvalue weighted by Gasteiger charge is -2.37. The second-order valence-electron chi connectivity index (χ2n) is 14.7. The average molecular weight is 709 g/mol. The number of aryl methyl sites for hydroxylation is 1. The Balaban J connectivity index is 1.20. The summed E-state index contributed by atoms with van der Waals surface area (Å²) in [4.78, 5) is 27.4. The van der Waals surface area contributed by atoms with Crippen LogP contribution < -0.4 is 25.9 Å². The zero-order chi connectivity index (χ0) is 35.8. The molecule has 1 spiro atoms. The average Bonchev–Trinajstić information content (AvgIpc) is 3.82. The summed E-state index contributed by atoms with van der Waals surface area (Å²) >= 11 is 0. The number of benzene rings is 3. The van der Waals surface area contributed by atoms with Gasteiger partial charge in [0.1, 0.15) is 5.75 Å². The van der Waals surface area contributed by atoms with E-state index in [2.05, 4.69) is 58.4 Å². The molecule has 2 amide bonds.